The SMILES string of the molecule is O=C(O)c1cccnc1Nc1cc(C(F)(F)F)ccc1Cl. The molecule has 1 aromatic heterocycles. The molecule has 0 amide bonds. The number of pyridine rings is 1. The smallest absolute Gasteiger partial charge is 0.416 e. The van der Waals surface area contributed by atoms with E-state index in [4.69, 9.17) is 16.7 Å². The maximum absolute atomic E-state index is 12.7. The van der Waals surface area contributed by atoms with E-state index in [1.807, 2.05) is 0 Å². The molecule has 4 nitrogen and oxygen atoms in total. The molecule has 0 aliphatic rings. The number of alkyl halides is 3. The van der Waals surface area contributed by atoms with Crippen LogP contribution in [0.4, 0.5) is 24.7 Å². The summed E-state index contributed by atoms with van der Waals surface area (Å²) in [5.41, 5.74) is -1.15. The van der Waals surface area contributed by atoms with Gasteiger partial charge >= 0.3 is 12.1 Å². The summed E-state index contributed by atoms with van der Waals surface area (Å²) >= 11 is 5.82. The summed E-state index contributed by atoms with van der Waals surface area (Å²) < 4.78 is 38.0. The normalized spacial score (nSPS) is 11.2. The fourth-order valence-electron chi connectivity index (χ4n) is 1.60. The van der Waals surface area contributed by atoms with E-state index in [0.717, 1.165) is 18.2 Å². The molecule has 0 aliphatic heterocycles. The van der Waals surface area contributed by atoms with Crippen molar-refractivity contribution in [1.82, 2.24) is 4.98 Å². The van der Waals surface area contributed by atoms with Gasteiger partial charge in [0.1, 0.15) is 11.4 Å². The Labute approximate surface area is 122 Å². The zero-order chi connectivity index (χ0) is 15.6. The van der Waals surface area contributed by atoms with Crippen molar-refractivity contribution in [2.45, 2.75) is 6.18 Å². The van der Waals surface area contributed by atoms with Gasteiger partial charge in [0, 0.05) is 6.20 Å². The van der Waals surface area contributed by atoms with E-state index >= 15 is 0 Å². The van der Waals surface area contributed by atoms with Crippen LogP contribution in [0.5, 0.6) is 0 Å². The molecule has 0 bridgehead atoms. The second-order valence-electron chi connectivity index (χ2n) is 4.02. The average Bonchev–Trinajstić information content (AvgIpc) is 2.40. The molecule has 0 aliphatic carbocycles. The molecule has 8 heteroatoms. The van der Waals surface area contributed by atoms with E-state index in [1.54, 1.807) is 0 Å². The molecular weight excluding hydrogens is 309 g/mol. The van der Waals surface area contributed by atoms with E-state index in [2.05, 4.69) is 10.3 Å². The number of carboxylic acids is 1. The Morgan fingerprint density at radius 2 is 2.00 bits per heavy atom. The minimum absolute atomic E-state index is 0.0185. The standard InChI is InChI=1S/C13H8ClF3N2O2/c14-9-4-3-7(13(15,16)17)6-10(9)19-11-8(12(20)21)2-1-5-18-11/h1-6H,(H,18,19)(H,20,21). The molecule has 1 heterocycles. The second kappa shape index (κ2) is 5.61. The van der Waals surface area contributed by atoms with E-state index in [1.165, 1.54) is 18.3 Å². The summed E-state index contributed by atoms with van der Waals surface area (Å²) in [6.07, 6.45) is -3.21. The summed E-state index contributed by atoms with van der Waals surface area (Å²) in [4.78, 5) is 14.8. The number of nitrogens with one attached hydrogen (secondary N) is 1. The average molecular weight is 317 g/mol. The van der Waals surface area contributed by atoms with Crippen molar-refractivity contribution in [3.8, 4) is 0 Å². The van der Waals surface area contributed by atoms with Gasteiger partial charge in [0.05, 0.1) is 16.3 Å². The van der Waals surface area contributed by atoms with Gasteiger partial charge in [-0.05, 0) is 30.3 Å². The lowest BCUT2D eigenvalue weighted by molar-refractivity contribution is -0.137. The van der Waals surface area contributed by atoms with Crippen molar-refractivity contribution in [3.63, 3.8) is 0 Å². The van der Waals surface area contributed by atoms with Crippen LogP contribution in [0, 0.1) is 0 Å². The number of carbonyl (C=O) groups is 1. The number of benzene rings is 1. The number of aromatic carboxylic acids is 1. The van der Waals surface area contributed by atoms with Gasteiger partial charge in [0.15, 0.2) is 0 Å². The molecule has 0 fully saturated rings. The predicted octanol–water partition coefficient (Wildman–Crippen LogP) is 4.20. The summed E-state index contributed by atoms with van der Waals surface area (Å²) in [7, 11) is 0. The summed E-state index contributed by atoms with van der Waals surface area (Å²) in [6, 6.07) is 5.39. The number of nitrogens with zero attached hydrogens (tertiary/aromatic N) is 1. The zero-order valence-corrected chi connectivity index (χ0v) is 11.0. The topological polar surface area (TPSA) is 62.2 Å². The minimum atomic E-state index is -4.53. The number of carboxylic acid groups (broad SMARTS) is 1. The van der Waals surface area contributed by atoms with Crippen molar-refractivity contribution < 1.29 is 23.1 Å². The fraction of sp³-hybridized carbons (Fsp3) is 0.0769. The number of hydrogen-bond acceptors (Lipinski definition) is 3. The van der Waals surface area contributed by atoms with Gasteiger partial charge in [-0.15, -0.1) is 0 Å². The van der Waals surface area contributed by atoms with Gasteiger partial charge in [-0.1, -0.05) is 11.6 Å². The Morgan fingerprint density at radius 1 is 1.29 bits per heavy atom. The first-order valence-electron chi connectivity index (χ1n) is 5.61. The zero-order valence-electron chi connectivity index (χ0n) is 10.3. The van der Waals surface area contributed by atoms with Crippen LogP contribution in [-0.4, -0.2) is 16.1 Å². The lowest BCUT2D eigenvalue weighted by atomic mass is 10.2. The van der Waals surface area contributed by atoms with E-state index in [0.29, 0.717) is 0 Å². The summed E-state index contributed by atoms with van der Waals surface area (Å²) in [5, 5.41) is 11.5. The number of aromatic nitrogens is 1. The van der Waals surface area contributed by atoms with Crippen LogP contribution in [-0.2, 0) is 6.18 Å². The summed E-state index contributed by atoms with van der Waals surface area (Å²) in [5.74, 6) is -1.35. The molecule has 1 aromatic carbocycles. The molecule has 0 atom stereocenters. The van der Waals surface area contributed by atoms with E-state index in [-0.39, 0.29) is 22.1 Å². The third kappa shape index (κ3) is 3.43. The van der Waals surface area contributed by atoms with Gasteiger partial charge in [-0.3, -0.25) is 0 Å². The maximum Gasteiger partial charge on any atom is 0.416 e. The van der Waals surface area contributed by atoms with Crippen molar-refractivity contribution in [2.75, 3.05) is 5.32 Å². The van der Waals surface area contributed by atoms with E-state index < -0.39 is 17.7 Å². The van der Waals surface area contributed by atoms with Crippen molar-refractivity contribution in [3.05, 3.63) is 52.7 Å². The first-order valence-corrected chi connectivity index (χ1v) is 5.99. The Hall–Kier alpha value is -2.28. The van der Waals surface area contributed by atoms with Crippen LogP contribution in [0.25, 0.3) is 0 Å². The van der Waals surface area contributed by atoms with Crippen LogP contribution in [0.2, 0.25) is 5.02 Å². The lowest BCUT2D eigenvalue weighted by Gasteiger charge is -2.13. The molecule has 0 radical (unpaired) electrons. The van der Waals surface area contributed by atoms with Crippen LogP contribution >= 0.6 is 11.6 Å². The van der Waals surface area contributed by atoms with Crippen molar-refractivity contribution in [2.24, 2.45) is 0 Å². The van der Waals surface area contributed by atoms with Crippen molar-refractivity contribution >= 4 is 29.1 Å². The highest BCUT2D eigenvalue weighted by Gasteiger charge is 2.31. The van der Waals surface area contributed by atoms with Gasteiger partial charge in [-0.25, -0.2) is 9.78 Å². The molecule has 0 spiro atoms. The highest BCUT2D eigenvalue weighted by Crippen LogP contribution is 2.35. The number of halogens is 4. The number of anilines is 2. The molecule has 0 saturated heterocycles. The molecule has 2 N–H and O–H groups in total. The molecule has 2 aromatic rings. The highest BCUT2D eigenvalue weighted by molar-refractivity contribution is 6.33. The Kier molecular flexibility index (Phi) is 4.04. The fourth-order valence-corrected chi connectivity index (χ4v) is 1.77. The first kappa shape index (κ1) is 15.1. The van der Waals surface area contributed by atoms with Crippen LogP contribution in [0.3, 0.4) is 0 Å². The first-order chi connectivity index (χ1) is 9.79. The quantitative estimate of drug-likeness (QED) is 0.891. The molecule has 0 unspecified atom stereocenters. The molecule has 110 valence electrons. The van der Waals surface area contributed by atoms with Gasteiger partial charge < -0.3 is 10.4 Å². The molecular formula is C13H8ClF3N2O2. The Morgan fingerprint density at radius 3 is 2.62 bits per heavy atom. The third-order valence-corrected chi connectivity index (χ3v) is 2.91. The van der Waals surface area contributed by atoms with Gasteiger partial charge in [0.25, 0.3) is 0 Å². The molecule has 0 saturated carbocycles. The molecule has 21 heavy (non-hydrogen) atoms. The Balaban J connectivity index is 2.43. The predicted molar refractivity (Wildman–Crippen MR) is 70.9 cm³/mol. The molecule has 2 rings (SSSR count). The van der Waals surface area contributed by atoms with E-state index in [9.17, 15) is 18.0 Å². The second-order valence-corrected chi connectivity index (χ2v) is 4.43. The van der Waals surface area contributed by atoms with Crippen LogP contribution in [0.15, 0.2) is 36.5 Å². The minimum Gasteiger partial charge on any atom is -0.478 e. The maximum atomic E-state index is 12.7. The van der Waals surface area contributed by atoms with Crippen LogP contribution < -0.4 is 5.32 Å². The number of rotatable bonds is 3. The van der Waals surface area contributed by atoms with Gasteiger partial charge in [-0.2, -0.15) is 13.2 Å². The van der Waals surface area contributed by atoms with Crippen LogP contribution in [0.1, 0.15) is 15.9 Å². The highest BCUT2D eigenvalue weighted by atomic mass is 35.5. The lowest BCUT2D eigenvalue weighted by Crippen LogP contribution is -2.07. The third-order valence-electron chi connectivity index (χ3n) is 2.58. The monoisotopic (exact) mass is 316 g/mol. The summed E-state index contributed by atoms with van der Waals surface area (Å²) in [6.45, 7) is 0. The Bertz CT molecular complexity index is 689. The van der Waals surface area contributed by atoms with Crippen molar-refractivity contribution in [1.29, 1.82) is 0 Å². The largest absolute Gasteiger partial charge is 0.478 e. The number of hydrogen-bond donors (Lipinski definition) is 2. The van der Waals surface area contributed by atoms with Gasteiger partial charge in [0.2, 0.25) is 0 Å².